The fourth-order valence-electron chi connectivity index (χ4n) is 3.09. The zero-order chi connectivity index (χ0) is 18.7. The maximum Gasteiger partial charge on any atom is 0.293 e. The van der Waals surface area contributed by atoms with Crippen molar-refractivity contribution in [2.45, 2.75) is 18.6 Å². The summed E-state index contributed by atoms with van der Waals surface area (Å²) in [7, 11) is 7.33. The minimum atomic E-state index is -0.141. The molecule has 0 unspecified atom stereocenters. The van der Waals surface area contributed by atoms with Gasteiger partial charge in [0.05, 0.1) is 12.1 Å². The lowest BCUT2D eigenvalue weighted by molar-refractivity contribution is 0.118. The monoisotopic (exact) mass is 359 g/mol. The first-order chi connectivity index (χ1) is 12.5. The Morgan fingerprint density at radius 2 is 2.15 bits per heavy atom. The van der Waals surface area contributed by atoms with E-state index in [2.05, 4.69) is 25.2 Å². The number of aryl methyl sites for hydroxylation is 1. The minimum Gasteiger partial charge on any atom is -0.380 e. The van der Waals surface area contributed by atoms with E-state index < -0.39 is 0 Å². The summed E-state index contributed by atoms with van der Waals surface area (Å²) < 4.78 is 7.07. The predicted octanol–water partition coefficient (Wildman–Crippen LogP) is 0.342. The van der Waals surface area contributed by atoms with E-state index >= 15 is 0 Å². The molecular formula is C17H25N7O2. The molecule has 2 atom stereocenters. The SMILES string of the molecule is CO[C@@H]1C[C@H](CNc2nccn(C)c2=O)N(c2cc(N(C)C)ncn2)C1. The van der Waals surface area contributed by atoms with Crippen LogP contribution in [0.4, 0.5) is 17.5 Å². The highest BCUT2D eigenvalue weighted by Crippen LogP contribution is 2.27. The maximum absolute atomic E-state index is 12.1. The first-order valence-electron chi connectivity index (χ1n) is 8.54. The van der Waals surface area contributed by atoms with Crippen molar-refractivity contribution in [3.63, 3.8) is 0 Å². The lowest BCUT2D eigenvalue weighted by Gasteiger charge is -2.26. The van der Waals surface area contributed by atoms with E-state index in [-0.39, 0.29) is 17.7 Å². The van der Waals surface area contributed by atoms with Crippen LogP contribution in [0.5, 0.6) is 0 Å². The zero-order valence-electron chi connectivity index (χ0n) is 15.6. The summed E-state index contributed by atoms with van der Waals surface area (Å²) in [5, 5.41) is 3.18. The van der Waals surface area contributed by atoms with Crippen LogP contribution in [-0.4, -0.2) is 66.0 Å². The Kier molecular flexibility index (Phi) is 5.36. The van der Waals surface area contributed by atoms with E-state index in [0.717, 1.165) is 24.6 Å². The molecule has 1 aliphatic rings. The number of hydrogen-bond acceptors (Lipinski definition) is 8. The average Bonchev–Trinajstić information content (AvgIpc) is 3.06. The summed E-state index contributed by atoms with van der Waals surface area (Å²) in [6.45, 7) is 1.32. The lowest BCUT2D eigenvalue weighted by atomic mass is 10.2. The third-order valence-corrected chi connectivity index (χ3v) is 4.62. The molecule has 1 saturated heterocycles. The molecule has 1 fully saturated rings. The molecule has 0 saturated carbocycles. The van der Waals surface area contributed by atoms with Crippen LogP contribution in [0.3, 0.4) is 0 Å². The van der Waals surface area contributed by atoms with Crippen molar-refractivity contribution in [1.82, 2.24) is 19.5 Å². The van der Waals surface area contributed by atoms with Crippen LogP contribution in [0, 0.1) is 0 Å². The molecule has 0 aliphatic carbocycles. The summed E-state index contributed by atoms with van der Waals surface area (Å²) in [6.07, 6.45) is 5.79. The van der Waals surface area contributed by atoms with Crippen molar-refractivity contribution >= 4 is 17.5 Å². The van der Waals surface area contributed by atoms with Gasteiger partial charge in [0.25, 0.3) is 5.56 Å². The second-order valence-corrected chi connectivity index (χ2v) is 6.60. The standard InChI is InChI=1S/C17H25N7O2/c1-22(2)14-8-15(21-11-20-14)24-10-13(26-4)7-12(24)9-19-16-17(25)23(3)6-5-18-16/h5-6,8,11-13H,7,9-10H2,1-4H3,(H,18,19)/t12-,13-/m1/s1. The lowest BCUT2D eigenvalue weighted by Crippen LogP contribution is -2.37. The number of hydrogen-bond donors (Lipinski definition) is 1. The molecule has 1 aliphatic heterocycles. The van der Waals surface area contributed by atoms with Crippen LogP contribution in [0.1, 0.15) is 6.42 Å². The number of nitrogens with zero attached hydrogens (tertiary/aromatic N) is 6. The van der Waals surface area contributed by atoms with Gasteiger partial charge in [-0.3, -0.25) is 4.79 Å². The van der Waals surface area contributed by atoms with Gasteiger partial charge in [0.1, 0.15) is 18.0 Å². The van der Waals surface area contributed by atoms with Gasteiger partial charge in [-0.15, -0.1) is 0 Å². The van der Waals surface area contributed by atoms with Crippen LogP contribution < -0.4 is 20.7 Å². The third kappa shape index (κ3) is 3.77. The van der Waals surface area contributed by atoms with Gasteiger partial charge in [0.2, 0.25) is 0 Å². The summed E-state index contributed by atoms with van der Waals surface area (Å²) in [6, 6.07) is 2.10. The van der Waals surface area contributed by atoms with Crippen LogP contribution in [0.2, 0.25) is 0 Å². The van der Waals surface area contributed by atoms with E-state index in [0.29, 0.717) is 12.4 Å². The van der Waals surface area contributed by atoms with Gasteiger partial charge in [-0.05, 0) is 6.42 Å². The molecule has 0 amide bonds. The van der Waals surface area contributed by atoms with Gasteiger partial charge in [0.15, 0.2) is 5.82 Å². The van der Waals surface area contributed by atoms with Crippen molar-refractivity contribution in [1.29, 1.82) is 0 Å². The Balaban J connectivity index is 1.79. The molecule has 26 heavy (non-hydrogen) atoms. The van der Waals surface area contributed by atoms with Gasteiger partial charge < -0.3 is 24.4 Å². The molecule has 2 aromatic rings. The Bertz CT molecular complexity index is 808. The average molecular weight is 359 g/mol. The molecule has 9 nitrogen and oxygen atoms in total. The van der Waals surface area contributed by atoms with Gasteiger partial charge in [0, 0.05) is 59.8 Å². The maximum atomic E-state index is 12.1. The topological polar surface area (TPSA) is 88.4 Å². The fraction of sp³-hybridized carbons (Fsp3) is 0.529. The number of nitrogens with one attached hydrogen (secondary N) is 1. The van der Waals surface area contributed by atoms with Gasteiger partial charge in [-0.1, -0.05) is 0 Å². The fourth-order valence-corrected chi connectivity index (χ4v) is 3.09. The molecule has 0 bridgehead atoms. The Morgan fingerprint density at radius 3 is 2.88 bits per heavy atom. The molecule has 3 heterocycles. The highest BCUT2D eigenvalue weighted by atomic mass is 16.5. The van der Waals surface area contributed by atoms with Crippen molar-refractivity contribution in [2.24, 2.45) is 7.05 Å². The normalized spacial score (nSPS) is 19.6. The van der Waals surface area contributed by atoms with E-state index in [1.165, 1.54) is 4.57 Å². The summed E-state index contributed by atoms with van der Waals surface area (Å²) in [5.41, 5.74) is -0.141. The largest absolute Gasteiger partial charge is 0.380 e. The van der Waals surface area contributed by atoms with Crippen LogP contribution in [-0.2, 0) is 11.8 Å². The molecule has 3 rings (SSSR count). The third-order valence-electron chi connectivity index (χ3n) is 4.62. The molecule has 140 valence electrons. The smallest absolute Gasteiger partial charge is 0.293 e. The number of anilines is 3. The molecule has 9 heteroatoms. The summed E-state index contributed by atoms with van der Waals surface area (Å²) in [5.74, 6) is 2.05. The highest BCUT2D eigenvalue weighted by molar-refractivity contribution is 5.51. The number of methoxy groups -OCH3 is 1. The second-order valence-electron chi connectivity index (χ2n) is 6.60. The van der Waals surface area contributed by atoms with Crippen molar-refractivity contribution in [2.75, 3.05) is 49.4 Å². The van der Waals surface area contributed by atoms with Crippen LogP contribution in [0.25, 0.3) is 0 Å². The van der Waals surface area contributed by atoms with E-state index in [4.69, 9.17) is 4.74 Å². The summed E-state index contributed by atoms with van der Waals surface area (Å²) >= 11 is 0. The highest BCUT2D eigenvalue weighted by Gasteiger charge is 2.33. The van der Waals surface area contributed by atoms with E-state index in [1.54, 1.807) is 32.9 Å². The number of aromatic nitrogens is 4. The van der Waals surface area contributed by atoms with Gasteiger partial charge in [-0.2, -0.15) is 0 Å². The molecular weight excluding hydrogens is 334 g/mol. The second kappa shape index (κ2) is 7.69. The number of ether oxygens (including phenoxy) is 1. The van der Waals surface area contributed by atoms with Crippen LogP contribution in [0.15, 0.2) is 29.6 Å². The molecule has 0 radical (unpaired) electrons. The van der Waals surface area contributed by atoms with Crippen molar-refractivity contribution < 1.29 is 4.74 Å². The Hall–Kier alpha value is -2.68. The zero-order valence-corrected chi connectivity index (χ0v) is 15.6. The van der Waals surface area contributed by atoms with E-state index in [1.807, 2.05) is 25.1 Å². The summed E-state index contributed by atoms with van der Waals surface area (Å²) in [4.78, 5) is 29.1. The van der Waals surface area contributed by atoms with Gasteiger partial charge in [-0.25, -0.2) is 15.0 Å². The quantitative estimate of drug-likeness (QED) is 0.790. The number of rotatable bonds is 6. The Labute approximate surface area is 152 Å². The van der Waals surface area contributed by atoms with Gasteiger partial charge >= 0.3 is 0 Å². The van der Waals surface area contributed by atoms with Crippen molar-refractivity contribution in [3.05, 3.63) is 35.1 Å². The van der Waals surface area contributed by atoms with E-state index in [9.17, 15) is 4.79 Å². The first-order valence-corrected chi connectivity index (χ1v) is 8.54. The Morgan fingerprint density at radius 1 is 1.35 bits per heavy atom. The first kappa shape index (κ1) is 18.1. The molecule has 0 spiro atoms. The molecule has 1 N–H and O–H groups in total. The molecule has 2 aromatic heterocycles. The predicted molar refractivity (Wildman–Crippen MR) is 101 cm³/mol. The molecule has 0 aromatic carbocycles. The minimum absolute atomic E-state index is 0.117. The van der Waals surface area contributed by atoms with Crippen LogP contribution >= 0.6 is 0 Å². The van der Waals surface area contributed by atoms with Crippen molar-refractivity contribution in [3.8, 4) is 0 Å².